The second-order valence-electron chi connectivity index (χ2n) is 7.89. The fourth-order valence-corrected chi connectivity index (χ4v) is 3.41. The van der Waals surface area contributed by atoms with Gasteiger partial charge in [0, 0.05) is 12.1 Å². The molecule has 1 aromatic rings. The number of hydrogen-bond acceptors (Lipinski definition) is 3. The van der Waals surface area contributed by atoms with Crippen molar-refractivity contribution in [3.8, 4) is 0 Å². The van der Waals surface area contributed by atoms with E-state index >= 15 is 0 Å². The number of nitrogens with zero attached hydrogens (tertiary/aromatic N) is 1. The molecule has 5 nitrogen and oxygen atoms in total. The average molecular weight is 360 g/mol. The molecule has 0 saturated carbocycles. The van der Waals surface area contributed by atoms with Crippen molar-refractivity contribution in [2.24, 2.45) is 11.8 Å². The van der Waals surface area contributed by atoms with Gasteiger partial charge in [-0.1, -0.05) is 31.5 Å². The van der Waals surface area contributed by atoms with E-state index in [9.17, 15) is 9.59 Å². The topological polar surface area (TPSA) is 61.4 Å². The number of rotatable bonds is 7. The first-order valence-corrected chi connectivity index (χ1v) is 9.70. The van der Waals surface area contributed by atoms with Crippen LogP contribution in [-0.4, -0.2) is 49.4 Å². The van der Waals surface area contributed by atoms with Gasteiger partial charge in [0.25, 0.3) is 5.91 Å². The molecular weight excluding hydrogens is 326 g/mol. The van der Waals surface area contributed by atoms with Crippen LogP contribution in [0.1, 0.15) is 49.0 Å². The molecule has 1 aromatic carbocycles. The third kappa shape index (κ3) is 6.13. The Bertz CT molecular complexity index is 607. The summed E-state index contributed by atoms with van der Waals surface area (Å²) in [7, 11) is 2.15. The van der Waals surface area contributed by atoms with Crippen molar-refractivity contribution < 1.29 is 9.59 Å². The minimum absolute atomic E-state index is 0.0343. The summed E-state index contributed by atoms with van der Waals surface area (Å²) >= 11 is 0. The molecule has 1 atom stereocenters. The van der Waals surface area contributed by atoms with Crippen LogP contribution in [0.15, 0.2) is 24.3 Å². The molecule has 2 rings (SSSR count). The lowest BCUT2D eigenvalue weighted by atomic mass is 9.94. The zero-order valence-corrected chi connectivity index (χ0v) is 16.5. The molecule has 1 saturated heterocycles. The van der Waals surface area contributed by atoms with Crippen molar-refractivity contribution >= 4 is 11.8 Å². The molecule has 0 radical (unpaired) electrons. The van der Waals surface area contributed by atoms with Crippen molar-refractivity contribution in [1.82, 2.24) is 15.5 Å². The highest BCUT2D eigenvalue weighted by Gasteiger charge is 2.25. The number of piperidine rings is 1. The Kier molecular flexibility index (Phi) is 7.64. The predicted octanol–water partition coefficient (Wildman–Crippen LogP) is 2.60. The largest absolute Gasteiger partial charge is 0.354 e. The number of nitrogens with one attached hydrogen (secondary N) is 2. The minimum Gasteiger partial charge on any atom is -0.354 e. The van der Waals surface area contributed by atoms with Crippen LogP contribution >= 0.6 is 0 Å². The van der Waals surface area contributed by atoms with Crippen molar-refractivity contribution in [2.45, 2.75) is 46.1 Å². The lowest BCUT2D eigenvalue weighted by Gasteiger charge is -2.29. The molecule has 1 aliphatic rings. The third-order valence-electron chi connectivity index (χ3n) is 5.21. The molecule has 0 aliphatic carbocycles. The number of carbonyl (C=O) groups is 2. The van der Waals surface area contributed by atoms with Gasteiger partial charge in [0.1, 0.15) is 6.04 Å². The van der Waals surface area contributed by atoms with Crippen molar-refractivity contribution in [3.63, 3.8) is 0 Å². The second kappa shape index (κ2) is 9.72. The maximum atomic E-state index is 12.6. The zero-order valence-electron chi connectivity index (χ0n) is 16.5. The molecule has 0 bridgehead atoms. The highest BCUT2D eigenvalue weighted by Crippen LogP contribution is 2.18. The smallest absolute Gasteiger partial charge is 0.251 e. The fraction of sp³-hybridized carbons (Fsp3) is 0.619. The molecule has 1 unspecified atom stereocenters. The van der Waals surface area contributed by atoms with E-state index in [4.69, 9.17) is 0 Å². The molecule has 2 N–H and O–H groups in total. The van der Waals surface area contributed by atoms with Crippen LogP contribution in [0.25, 0.3) is 0 Å². The van der Waals surface area contributed by atoms with Gasteiger partial charge >= 0.3 is 0 Å². The Morgan fingerprint density at radius 2 is 1.92 bits per heavy atom. The molecular formula is C21H33N3O2. The molecule has 144 valence electrons. The first-order valence-electron chi connectivity index (χ1n) is 9.70. The first-order chi connectivity index (χ1) is 12.4. The zero-order chi connectivity index (χ0) is 19.1. The van der Waals surface area contributed by atoms with E-state index in [1.54, 1.807) is 6.07 Å². The monoisotopic (exact) mass is 359 g/mol. The van der Waals surface area contributed by atoms with E-state index in [-0.39, 0.29) is 17.7 Å². The van der Waals surface area contributed by atoms with Crippen LogP contribution < -0.4 is 10.6 Å². The van der Waals surface area contributed by atoms with E-state index in [1.807, 2.05) is 39.0 Å². The SMILES string of the molecule is Cc1cccc(C(=O)NC(C(=O)NCCC2CCN(C)CC2)C(C)C)c1. The predicted molar refractivity (Wildman–Crippen MR) is 105 cm³/mol. The molecule has 1 heterocycles. The number of aryl methyl sites for hydroxylation is 1. The van der Waals surface area contributed by atoms with Gasteiger partial charge < -0.3 is 15.5 Å². The van der Waals surface area contributed by atoms with E-state index in [1.165, 1.54) is 12.8 Å². The minimum atomic E-state index is -0.513. The van der Waals surface area contributed by atoms with E-state index in [0.717, 1.165) is 25.1 Å². The Morgan fingerprint density at radius 3 is 2.54 bits per heavy atom. The second-order valence-corrected chi connectivity index (χ2v) is 7.89. The maximum absolute atomic E-state index is 12.6. The van der Waals surface area contributed by atoms with Crippen LogP contribution in [0.2, 0.25) is 0 Å². The first kappa shape index (κ1) is 20.4. The normalized spacial score (nSPS) is 17.1. The average Bonchev–Trinajstić information content (AvgIpc) is 2.60. The standard InChI is InChI=1S/C21H33N3O2/c1-15(2)19(23-20(25)18-7-5-6-16(3)14-18)21(26)22-11-8-17-9-12-24(4)13-10-17/h5-7,14-15,17,19H,8-13H2,1-4H3,(H,22,26)(H,23,25). The van der Waals surface area contributed by atoms with E-state index < -0.39 is 6.04 Å². The van der Waals surface area contributed by atoms with Gasteiger partial charge in [-0.05, 0) is 70.3 Å². The summed E-state index contributed by atoms with van der Waals surface area (Å²) < 4.78 is 0. The van der Waals surface area contributed by atoms with Gasteiger partial charge in [0.15, 0.2) is 0 Å². The van der Waals surface area contributed by atoms with Crippen LogP contribution in [0.4, 0.5) is 0 Å². The van der Waals surface area contributed by atoms with Gasteiger partial charge in [-0.15, -0.1) is 0 Å². The maximum Gasteiger partial charge on any atom is 0.251 e. The quantitative estimate of drug-likeness (QED) is 0.787. The lowest BCUT2D eigenvalue weighted by molar-refractivity contribution is -0.124. The van der Waals surface area contributed by atoms with Crippen molar-refractivity contribution in [2.75, 3.05) is 26.7 Å². The Morgan fingerprint density at radius 1 is 1.23 bits per heavy atom. The Balaban J connectivity index is 1.84. The number of carbonyl (C=O) groups excluding carboxylic acids is 2. The summed E-state index contributed by atoms with van der Waals surface area (Å²) in [6.07, 6.45) is 3.41. The molecule has 0 spiro atoms. The molecule has 2 amide bonds. The highest BCUT2D eigenvalue weighted by atomic mass is 16.2. The fourth-order valence-electron chi connectivity index (χ4n) is 3.41. The van der Waals surface area contributed by atoms with Gasteiger partial charge in [0.05, 0.1) is 0 Å². The summed E-state index contributed by atoms with van der Waals surface area (Å²) in [5, 5.41) is 5.92. The van der Waals surface area contributed by atoms with Crippen LogP contribution in [0.3, 0.4) is 0 Å². The highest BCUT2D eigenvalue weighted by molar-refractivity contribution is 5.97. The molecule has 1 aliphatic heterocycles. The summed E-state index contributed by atoms with van der Waals surface area (Å²) in [4.78, 5) is 27.4. The number of hydrogen-bond donors (Lipinski definition) is 2. The molecule has 26 heavy (non-hydrogen) atoms. The molecule has 5 heteroatoms. The van der Waals surface area contributed by atoms with Crippen molar-refractivity contribution in [1.29, 1.82) is 0 Å². The Hall–Kier alpha value is -1.88. The Labute approximate surface area is 157 Å². The van der Waals surface area contributed by atoms with E-state index in [0.29, 0.717) is 18.0 Å². The van der Waals surface area contributed by atoms with Gasteiger partial charge in [-0.25, -0.2) is 0 Å². The van der Waals surface area contributed by atoms with Crippen LogP contribution in [-0.2, 0) is 4.79 Å². The van der Waals surface area contributed by atoms with E-state index in [2.05, 4.69) is 22.6 Å². The summed E-state index contributed by atoms with van der Waals surface area (Å²) in [6, 6.07) is 6.91. The number of amides is 2. The van der Waals surface area contributed by atoms with Crippen molar-refractivity contribution in [3.05, 3.63) is 35.4 Å². The van der Waals surface area contributed by atoms with Crippen LogP contribution in [0, 0.1) is 18.8 Å². The molecule has 1 fully saturated rings. The van der Waals surface area contributed by atoms with Crippen LogP contribution in [0.5, 0.6) is 0 Å². The number of benzene rings is 1. The van der Waals surface area contributed by atoms with Gasteiger partial charge in [0.2, 0.25) is 5.91 Å². The lowest BCUT2D eigenvalue weighted by Crippen LogP contribution is -2.50. The number of likely N-dealkylation sites (tertiary alicyclic amines) is 1. The summed E-state index contributed by atoms with van der Waals surface area (Å²) in [5.41, 5.74) is 1.62. The summed E-state index contributed by atoms with van der Waals surface area (Å²) in [6.45, 7) is 8.82. The third-order valence-corrected chi connectivity index (χ3v) is 5.21. The van der Waals surface area contributed by atoms with Gasteiger partial charge in [-0.3, -0.25) is 9.59 Å². The molecule has 0 aromatic heterocycles. The summed E-state index contributed by atoms with van der Waals surface area (Å²) in [5.74, 6) is 0.435. The van der Waals surface area contributed by atoms with Gasteiger partial charge in [-0.2, -0.15) is 0 Å².